The Morgan fingerprint density at radius 2 is 2.04 bits per heavy atom. The summed E-state index contributed by atoms with van der Waals surface area (Å²) in [6.45, 7) is 0. The van der Waals surface area contributed by atoms with Crippen LogP contribution in [-0.4, -0.2) is 50.6 Å². The molecule has 0 saturated carbocycles. The van der Waals surface area contributed by atoms with Crippen molar-refractivity contribution in [3.8, 4) is 17.2 Å². The van der Waals surface area contributed by atoms with E-state index >= 15 is 0 Å². The Labute approximate surface area is 166 Å². The number of furan rings is 1. The second-order valence-electron chi connectivity index (χ2n) is 5.93. The van der Waals surface area contributed by atoms with Crippen LogP contribution in [0.4, 0.5) is 5.69 Å². The van der Waals surface area contributed by atoms with Crippen molar-refractivity contribution in [1.82, 2.24) is 15.1 Å². The largest absolute Gasteiger partial charge is 0.495 e. The zero-order valence-corrected chi connectivity index (χ0v) is 16.8. The molecule has 2 heterocycles. The van der Waals surface area contributed by atoms with Gasteiger partial charge < -0.3 is 14.1 Å². The first-order chi connectivity index (χ1) is 13.2. The Balaban J connectivity index is 1.88. The lowest BCUT2D eigenvalue weighted by Gasteiger charge is -2.09. The molecule has 2 aromatic heterocycles. The number of sulfonamides is 1. The van der Waals surface area contributed by atoms with Crippen LogP contribution in [0.3, 0.4) is 0 Å². The van der Waals surface area contributed by atoms with E-state index in [0.717, 1.165) is 0 Å². The van der Waals surface area contributed by atoms with Crippen LogP contribution in [0.5, 0.6) is 5.75 Å². The van der Waals surface area contributed by atoms with E-state index in [9.17, 15) is 13.2 Å². The molecule has 0 aliphatic heterocycles. The summed E-state index contributed by atoms with van der Waals surface area (Å²) in [5.41, 5.74) is 0.791. The van der Waals surface area contributed by atoms with Crippen LogP contribution >= 0.6 is 11.6 Å². The van der Waals surface area contributed by atoms with Crippen molar-refractivity contribution >= 4 is 33.2 Å². The predicted octanol–water partition coefficient (Wildman–Crippen LogP) is 2.83. The number of anilines is 1. The monoisotopic (exact) mass is 424 g/mol. The van der Waals surface area contributed by atoms with Crippen molar-refractivity contribution in [1.29, 1.82) is 0 Å². The number of H-pyrrole nitrogens is 1. The first kappa shape index (κ1) is 19.8. The Hall–Kier alpha value is -2.98. The number of aromatic amines is 1. The van der Waals surface area contributed by atoms with E-state index in [2.05, 4.69) is 14.9 Å². The van der Waals surface area contributed by atoms with Crippen LogP contribution in [0.15, 0.2) is 46.0 Å². The maximum atomic E-state index is 12.6. The van der Waals surface area contributed by atoms with Crippen LogP contribution in [-0.2, 0) is 10.0 Å². The van der Waals surface area contributed by atoms with Crippen molar-refractivity contribution in [3.05, 3.63) is 47.1 Å². The van der Waals surface area contributed by atoms with Crippen LogP contribution in [0.25, 0.3) is 11.5 Å². The SMILES string of the molecule is COc1ccc(NS(=O)(=O)c2ccc(-c3[nH]ncc3C(=O)N(C)C)o2)cc1Cl. The molecule has 0 radical (unpaired) electrons. The van der Waals surface area contributed by atoms with Crippen LogP contribution in [0.2, 0.25) is 5.02 Å². The van der Waals surface area contributed by atoms with Crippen molar-refractivity contribution in [2.75, 3.05) is 25.9 Å². The van der Waals surface area contributed by atoms with Gasteiger partial charge in [0, 0.05) is 14.1 Å². The van der Waals surface area contributed by atoms with E-state index in [1.54, 1.807) is 14.1 Å². The third kappa shape index (κ3) is 3.82. The predicted molar refractivity (Wildman–Crippen MR) is 103 cm³/mol. The van der Waals surface area contributed by atoms with E-state index in [1.165, 1.54) is 48.5 Å². The second-order valence-corrected chi connectivity index (χ2v) is 7.95. The summed E-state index contributed by atoms with van der Waals surface area (Å²) in [6.07, 6.45) is 1.35. The summed E-state index contributed by atoms with van der Waals surface area (Å²) in [5.74, 6) is 0.286. The average Bonchev–Trinajstić information content (AvgIpc) is 3.30. The fraction of sp³-hybridized carbons (Fsp3) is 0.176. The average molecular weight is 425 g/mol. The van der Waals surface area contributed by atoms with Gasteiger partial charge in [0.05, 0.1) is 29.6 Å². The molecule has 0 fully saturated rings. The molecule has 3 aromatic rings. The molecule has 11 heteroatoms. The lowest BCUT2D eigenvalue weighted by Crippen LogP contribution is -2.21. The molecule has 0 unspecified atom stereocenters. The van der Waals surface area contributed by atoms with Gasteiger partial charge in [-0.25, -0.2) is 0 Å². The summed E-state index contributed by atoms with van der Waals surface area (Å²) in [5, 5.41) is 6.43. The first-order valence-corrected chi connectivity index (χ1v) is 9.80. The minimum atomic E-state index is -4.02. The standard InChI is InChI=1S/C17H17ClN4O5S/c1-22(2)17(23)11-9-19-20-16(11)14-6-7-15(27-14)28(24,25)21-10-4-5-13(26-3)12(18)8-10/h4-9,21H,1-3H3,(H,19,20). The van der Waals surface area contributed by atoms with Gasteiger partial charge in [-0.1, -0.05) is 11.6 Å². The van der Waals surface area contributed by atoms with Gasteiger partial charge in [0.2, 0.25) is 5.09 Å². The first-order valence-electron chi connectivity index (χ1n) is 7.94. The van der Waals surface area contributed by atoms with Gasteiger partial charge in [-0.05, 0) is 30.3 Å². The summed E-state index contributed by atoms with van der Waals surface area (Å²) in [6, 6.07) is 7.19. The summed E-state index contributed by atoms with van der Waals surface area (Å²) < 4.78 is 38.1. The molecular weight excluding hydrogens is 408 g/mol. The second kappa shape index (κ2) is 7.56. The van der Waals surface area contributed by atoms with Crippen LogP contribution in [0.1, 0.15) is 10.4 Å². The molecule has 3 rings (SSSR count). The molecule has 1 amide bonds. The highest BCUT2D eigenvalue weighted by Gasteiger charge is 2.23. The van der Waals surface area contributed by atoms with Gasteiger partial charge in [0.25, 0.3) is 15.9 Å². The zero-order chi connectivity index (χ0) is 20.5. The smallest absolute Gasteiger partial charge is 0.295 e. The fourth-order valence-corrected chi connectivity index (χ4v) is 3.65. The third-order valence-electron chi connectivity index (χ3n) is 3.77. The maximum absolute atomic E-state index is 12.6. The fourth-order valence-electron chi connectivity index (χ4n) is 2.41. The molecular formula is C17H17ClN4O5S. The Morgan fingerprint density at radius 1 is 1.29 bits per heavy atom. The molecule has 0 spiro atoms. The van der Waals surface area contributed by atoms with Crippen molar-refractivity contribution in [3.63, 3.8) is 0 Å². The Kier molecular flexibility index (Phi) is 5.34. The molecule has 9 nitrogen and oxygen atoms in total. The summed E-state index contributed by atoms with van der Waals surface area (Å²) >= 11 is 6.02. The lowest BCUT2D eigenvalue weighted by atomic mass is 10.2. The van der Waals surface area contributed by atoms with Crippen molar-refractivity contribution in [2.45, 2.75) is 5.09 Å². The van der Waals surface area contributed by atoms with E-state index < -0.39 is 10.0 Å². The molecule has 2 N–H and O–H groups in total. The van der Waals surface area contributed by atoms with E-state index in [-0.39, 0.29) is 38.7 Å². The van der Waals surface area contributed by atoms with E-state index in [0.29, 0.717) is 5.75 Å². The van der Waals surface area contributed by atoms with Gasteiger partial charge in [-0.3, -0.25) is 14.6 Å². The molecule has 0 aliphatic carbocycles. The number of carbonyl (C=O) groups excluding carboxylic acids is 1. The summed E-state index contributed by atoms with van der Waals surface area (Å²) in [7, 11) is 0.640. The number of nitrogens with zero attached hydrogens (tertiary/aromatic N) is 2. The molecule has 0 saturated heterocycles. The number of methoxy groups -OCH3 is 1. The normalized spacial score (nSPS) is 11.3. The topological polar surface area (TPSA) is 118 Å². The van der Waals surface area contributed by atoms with Crippen LogP contribution < -0.4 is 9.46 Å². The highest BCUT2D eigenvalue weighted by atomic mass is 35.5. The number of halogens is 1. The molecule has 28 heavy (non-hydrogen) atoms. The number of carbonyl (C=O) groups is 1. The van der Waals surface area contributed by atoms with Gasteiger partial charge >= 0.3 is 0 Å². The number of hydrogen-bond donors (Lipinski definition) is 2. The molecule has 0 atom stereocenters. The quantitative estimate of drug-likeness (QED) is 0.628. The van der Waals surface area contributed by atoms with Gasteiger partial charge in [-0.2, -0.15) is 13.5 Å². The molecule has 1 aromatic carbocycles. The van der Waals surface area contributed by atoms with Gasteiger partial charge in [-0.15, -0.1) is 0 Å². The number of ether oxygens (including phenoxy) is 1. The molecule has 0 aliphatic rings. The minimum Gasteiger partial charge on any atom is -0.495 e. The highest BCUT2D eigenvalue weighted by Crippen LogP contribution is 2.30. The van der Waals surface area contributed by atoms with Gasteiger partial charge in [0.15, 0.2) is 5.76 Å². The molecule has 0 bridgehead atoms. The zero-order valence-electron chi connectivity index (χ0n) is 15.2. The van der Waals surface area contributed by atoms with E-state index in [4.69, 9.17) is 20.8 Å². The van der Waals surface area contributed by atoms with Crippen LogP contribution in [0, 0.1) is 0 Å². The Bertz CT molecular complexity index is 1120. The van der Waals surface area contributed by atoms with Crippen molar-refractivity contribution in [2.24, 2.45) is 0 Å². The number of amides is 1. The highest BCUT2D eigenvalue weighted by molar-refractivity contribution is 7.92. The van der Waals surface area contributed by atoms with Gasteiger partial charge in [0.1, 0.15) is 11.4 Å². The minimum absolute atomic E-state index is 0.163. The number of benzene rings is 1. The number of aromatic nitrogens is 2. The Morgan fingerprint density at radius 3 is 2.68 bits per heavy atom. The lowest BCUT2D eigenvalue weighted by molar-refractivity contribution is 0.0828. The maximum Gasteiger partial charge on any atom is 0.295 e. The van der Waals surface area contributed by atoms with Crippen molar-refractivity contribution < 1.29 is 22.4 Å². The number of rotatable bonds is 6. The van der Waals surface area contributed by atoms with E-state index in [1.807, 2.05) is 0 Å². The third-order valence-corrected chi connectivity index (χ3v) is 5.32. The number of hydrogen-bond acceptors (Lipinski definition) is 6. The molecule has 148 valence electrons. The number of nitrogens with one attached hydrogen (secondary N) is 2. The summed E-state index contributed by atoms with van der Waals surface area (Å²) in [4.78, 5) is 13.6.